The van der Waals surface area contributed by atoms with Crippen LogP contribution in [0.1, 0.15) is 5.56 Å². The van der Waals surface area contributed by atoms with Crippen molar-refractivity contribution in [2.24, 2.45) is 0 Å². The maximum absolute atomic E-state index is 10.2. The second-order valence-corrected chi connectivity index (χ2v) is 4.45. The van der Waals surface area contributed by atoms with Gasteiger partial charge in [-0.05, 0) is 5.56 Å². The zero-order chi connectivity index (χ0) is 10.4. The molecular formula is C9H12NNaO3S. The van der Waals surface area contributed by atoms with E-state index in [1.807, 2.05) is 30.3 Å². The molecule has 0 amide bonds. The van der Waals surface area contributed by atoms with E-state index >= 15 is 0 Å². The van der Waals surface area contributed by atoms with Gasteiger partial charge in [0.15, 0.2) is 0 Å². The van der Waals surface area contributed by atoms with Crippen LogP contribution in [-0.2, 0) is 16.7 Å². The third-order valence-electron chi connectivity index (χ3n) is 1.70. The minimum absolute atomic E-state index is 0. The Hall–Kier alpha value is 0.0900. The normalized spacial score (nSPS) is 10.7. The maximum atomic E-state index is 10.2. The van der Waals surface area contributed by atoms with E-state index in [4.69, 9.17) is 0 Å². The van der Waals surface area contributed by atoms with Crippen LogP contribution in [0.25, 0.3) is 0 Å². The summed E-state index contributed by atoms with van der Waals surface area (Å²) in [5.41, 5.74) is 1.07. The molecule has 0 bridgehead atoms. The quantitative estimate of drug-likeness (QED) is 0.344. The van der Waals surface area contributed by atoms with Gasteiger partial charge in [-0.25, -0.2) is 8.42 Å². The van der Waals surface area contributed by atoms with Gasteiger partial charge in [0, 0.05) is 13.1 Å². The Balaban J connectivity index is 0.00000196. The van der Waals surface area contributed by atoms with Gasteiger partial charge in [0.2, 0.25) is 0 Å². The second kappa shape index (κ2) is 7.38. The van der Waals surface area contributed by atoms with E-state index in [1.165, 1.54) is 0 Å². The van der Waals surface area contributed by atoms with Gasteiger partial charge in [0.1, 0.15) is 0 Å². The average molecular weight is 237 g/mol. The van der Waals surface area contributed by atoms with Gasteiger partial charge in [-0.3, -0.25) is 0 Å². The summed E-state index contributed by atoms with van der Waals surface area (Å²) in [5, 5.41) is 2.88. The third kappa shape index (κ3) is 7.96. The Morgan fingerprint density at radius 1 is 1.20 bits per heavy atom. The largest absolute Gasteiger partial charge is 1.00 e. The van der Waals surface area contributed by atoms with Gasteiger partial charge in [-0.15, -0.1) is 0 Å². The maximum Gasteiger partial charge on any atom is 1.00 e. The predicted octanol–water partition coefficient (Wildman–Crippen LogP) is -2.67. The minimum atomic E-state index is -4.09. The van der Waals surface area contributed by atoms with Gasteiger partial charge in [0.25, 0.3) is 0 Å². The number of rotatable bonds is 5. The summed E-state index contributed by atoms with van der Waals surface area (Å²) in [6, 6.07) is 9.58. The Labute approximate surface area is 112 Å². The fourth-order valence-electron chi connectivity index (χ4n) is 1.03. The summed E-state index contributed by atoms with van der Waals surface area (Å²) in [4.78, 5) is 0. The van der Waals surface area contributed by atoms with Crippen molar-refractivity contribution in [2.45, 2.75) is 6.54 Å². The van der Waals surface area contributed by atoms with Crippen LogP contribution in [0.15, 0.2) is 30.3 Å². The van der Waals surface area contributed by atoms with E-state index in [0.717, 1.165) is 5.56 Å². The van der Waals surface area contributed by atoms with Crippen molar-refractivity contribution >= 4 is 10.1 Å². The fourth-order valence-corrected chi connectivity index (χ4v) is 1.42. The van der Waals surface area contributed by atoms with E-state index < -0.39 is 10.1 Å². The molecule has 0 saturated heterocycles. The third-order valence-corrected chi connectivity index (χ3v) is 2.40. The van der Waals surface area contributed by atoms with Gasteiger partial charge >= 0.3 is 29.6 Å². The summed E-state index contributed by atoms with van der Waals surface area (Å²) >= 11 is 0. The molecule has 0 spiro atoms. The van der Waals surface area contributed by atoms with E-state index in [-0.39, 0.29) is 41.9 Å². The zero-order valence-corrected chi connectivity index (χ0v) is 11.5. The molecule has 15 heavy (non-hydrogen) atoms. The van der Waals surface area contributed by atoms with E-state index in [2.05, 4.69) is 5.32 Å². The van der Waals surface area contributed by atoms with Crippen LogP contribution in [0.2, 0.25) is 0 Å². The predicted molar refractivity (Wildman–Crippen MR) is 52.7 cm³/mol. The van der Waals surface area contributed by atoms with Crippen LogP contribution < -0.4 is 34.9 Å². The Bertz CT molecular complexity index is 366. The molecule has 0 saturated carbocycles. The van der Waals surface area contributed by atoms with Crippen molar-refractivity contribution in [3.8, 4) is 0 Å². The molecule has 0 aromatic heterocycles. The molecule has 0 aliphatic carbocycles. The van der Waals surface area contributed by atoms with Gasteiger partial charge < -0.3 is 9.87 Å². The van der Waals surface area contributed by atoms with Crippen molar-refractivity contribution in [2.75, 3.05) is 12.3 Å². The first-order chi connectivity index (χ1) is 6.58. The molecular weight excluding hydrogens is 225 g/mol. The van der Waals surface area contributed by atoms with Gasteiger partial charge in [0.05, 0.1) is 15.9 Å². The summed E-state index contributed by atoms with van der Waals surface area (Å²) in [6.07, 6.45) is 0. The molecule has 0 unspecified atom stereocenters. The van der Waals surface area contributed by atoms with Crippen LogP contribution in [-0.4, -0.2) is 25.3 Å². The first-order valence-corrected chi connectivity index (χ1v) is 5.84. The molecule has 1 aromatic carbocycles. The van der Waals surface area contributed by atoms with Crippen molar-refractivity contribution in [1.29, 1.82) is 0 Å². The van der Waals surface area contributed by atoms with Crippen molar-refractivity contribution < 1.29 is 42.5 Å². The van der Waals surface area contributed by atoms with Crippen LogP contribution >= 0.6 is 0 Å². The Kier molecular flexibility index (Phi) is 7.42. The van der Waals surface area contributed by atoms with E-state index in [1.54, 1.807) is 0 Å². The van der Waals surface area contributed by atoms with Crippen LogP contribution in [0.3, 0.4) is 0 Å². The fraction of sp³-hybridized carbons (Fsp3) is 0.333. The number of benzene rings is 1. The molecule has 0 heterocycles. The van der Waals surface area contributed by atoms with Crippen LogP contribution in [0, 0.1) is 0 Å². The molecule has 1 N–H and O–H groups in total. The van der Waals surface area contributed by atoms with Crippen LogP contribution in [0.5, 0.6) is 0 Å². The van der Waals surface area contributed by atoms with Gasteiger partial charge in [-0.1, -0.05) is 30.3 Å². The van der Waals surface area contributed by atoms with Crippen molar-refractivity contribution in [3.05, 3.63) is 35.9 Å². The molecule has 0 aliphatic heterocycles. The monoisotopic (exact) mass is 237 g/mol. The molecule has 4 nitrogen and oxygen atoms in total. The number of hydrogen-bond acceptors (Lipinski definition) is 4. The Morgan fingerprint density at radius 3 is 2.33 bits per heavy atom. The first-order valence-electron chi connectivity index (χ1n) is 4.26. The van der Waals surface area contributed by atoms with E-state index in [9.17, 15) is 13.0 Å². The zero-order valence-electron chi connectivity index (χ0n) is 8.64. The molecule has 0 fully saturated rings. The summed E-state index contributed by atoms with van der Waals surface area (Å²) in [6.45, 7) is 0.775. The summed E-state index contributed by atoms with van der Waals surface area (Å²) < 4.78 is 30.7. The molecule has 1 rings (SSSR count). The van der Waals surface area contributed by atoms with Crippen LogP contribution in [0.4, 0.5) is 0 Å². The SMILES string of the molecule is O=S(=O)([O-])CCNCc1ccccc1.[Na+]. The number of hydrogen-bond donors (Lipinski definition) is 1. The van der Waals surface area contributed by atoms with E-state index in [0.29, 0.717) is 6.54 Å². The topological polar surface area (TPSA) is 69.2 Å². The first kappa shape index (κ1) is 15.1. The summed E-state index contributed by atoms with van der Waals surface area (Å²) in [7, 11) is -4.09. The molecule has 6 heteroatoms. The molecule has 0 radical (unpaired) electrons. The van der Waals surface area contributed by atoms with Crippen molar-refractivity contribution in [1.82, 2.24) is 5.32 Å². The summed E-state index contributed by atoms with van der Waals surface area (Å²) in [5.74, 6) is -0.361. The van der Waals surface area contributed by atoms with Gasteiger partial charge in [-0.2, -0.15) is 0 Å². The average Bonchev–Trinajstić information content (AvgIpc) is 2.13. The molecule has 0 aliphatic rings. The minimum Gasteiger partial charge on any atom is -0.748 e. The van der Waals surface area contributed by atoms with Crippen molar-refractivity contribution in [3.63, 3.8) is 0 Å². The molecule has 0 atom stereocenters. The smallest absolute Gasteiger partial charge is 0.748 e. The second-order valence-electron chi connectivity index (χ2n) is 2.92. The molecule has 1 aromatic rings. The Morgan fingerprint density at radius 2 is 1.80 bits per heavy atom. The number of nitrogens with one attached hydrogen (secondary N) is 1. The standard InChI is InChI=1S/C9H13NO3S.Na/c11-14(12,13)7-6-10-8-9-4-2-1-3-5-9;/h1-5,10H,6-8H2,(H,11,12,13);/q;+1/p-1. The molecule has 78 valence electrons.